The van der Waals surface area contributed by atoms with Crippen LogP contribution in [-0.4, -0.2) is 9.97 Å². The van der Waals surface area contributed by atoms with Gasteiger partial charge in [0.1, 0.15) is 18.0 Å². The van der Waals surface area contributed by atoms with E-state index in [-0.39, 0.29) is 22.8 Å². The van der Waals surface area contributed by atoms with E-state index in [1.807, 2.05) is 0 Å². The highest BCUT2D eigenvalue weighted by Gasteiger charge is 2.15. The number of halogens is 2. The first kappa shape index (κ1) is 10.8. The van der Waals surface area contributed by atoms with Crippen LogP contribution in [0.3, 0.4) is 0 Å². The number of H-pyrrole nitrogens is 1. The molecule has 2 aromatic rings. The number of benzene rings is 1. The highest BCUT2D eigenvalue weighted by atomic mass is 19.2. The van der Waals surface area contributed by atoms with Crippen LogP contribution in [0.15, 0.2) is 18.2 Å². The molecule has 0 bridgehead atoms. The first-order chi connectivity index (χ1) is 8.17. The zero-order chi connectivity index (χ0) is 12.4. The molecule has 0 saturated heterocycles. The van der Waals surface area contributed by atoms with Gasteiger partial charge < -0.3 is 4.98 Å². The smallest absolute Gasteiger partial charge is 0.177 e. The van der Waals surface area contributed by atoms with Crippen LogP contribution in [0.2, 0.25) is 0 Å². The highest BCUT2D eigenvalue weighted by molar-refractivity contribution is 5.59. The minimum Gasteiger partial charge on any atom is -0.329 e. The standard InChI is InChI=1S/C11H4F2N4/c12-7-3-1-2-6(10(7)13)11-16-8(4-14)9(5-15)17-11/h1-3H,(H,16,17). The molecule has 1 heterocycles. The summed E-state index contributed by atoms with van der Waals surface area (Å²) in [6.07, 6.45) is 0. The summed E-state index contributed by atoms with van der Waals surface area (Å²) in [6.45, 7) is 0. The van der Waals surface area contributed by atoms with Crippen molar-refractivity contribution in [1.82, 2.24) is 9.97 Å². The maximum absolute atomic E-state index is 13.4. The molecule has 0 amide bonds. The topological polar surface area (TPSA) is 76.3 Å². The van der Waals surface area contributed by atoms with Crippen LogP contribution in [0, 0.1) is 34.3 Å². The van der Waals surface area contributed by atoms with Gasteiger partial charge in [0.05, 0.1) is 5.56 Å². The molecular weight excluding hydrogens is 226 g/mol. The van der Waals surface area contributed by atoms with Gasteiger partial charge in [-0.1, -0.05) is 6.07 Å². The average molecular weight is 230 g/mol. The van der Waals surface area contributed by atoms with Crippen LogP contribution in [0.25, 0.3) is 11.4 Å². The number of nitrogens with zero attached hydrogens (tertiary/aromatic N) is 3. The summed E-state index contributed by atoms with van der Waals surface area (Å²) >= 11 is 0. The van der Waals surface area contributed by atoms with Crippen LogP contribution in [0.4, 0.5) is 8.78 Å². The van der Waals surface area contributed by atoms with Gasteiger partial charge in [0.2, 0.25) is 0 Å². The van der Waals surface area contributed by atoms with Gasteiger partial charge >= 0.3 is 0 Å². The van der Waals surface area contributed by atoms with E-state index in [9.17, 15) is 8.78 Å². The van der Waals surface area contributed by atoms with E-state index in [1.54, 1.807) is 12.1 Å². The number of hydrogen-bond donors (Lipinski definition) is 1. The lowest BCUT2D eigenvalue weighted by Gasteiger charge is -1.99. The molecule has 82 valence electrons. The Balaban J connectivity index is 2.63. The van der Waals surface area contributed by atoms with Gasteiger partial charge in [0, 0.05) is 0 Å². The first-order valence-electron chi connectivity index (χ1n) is 4.52. The number of rotatable bonds is 1. The molecule has 4 nitrogen and oxygen atoms in total. The lowest BCUT2D eigenvalue weighted by atomic mass is 10.2. The molecule has 17 heavy (non-hydrogen) atoms. The predicted octanol–water partition coefficient (Wildman–Crippen LogP) is 2.10. The van der Waals surface area contributed by atoms with Crippen molar-refractivity contribution in [2.75, 3.05) is 0 Å². The Bertz CT molecular complexity index is 630. The maximum Gasteiger partial charge on any atom is 0.177 e. The van der Waals surface area contributed by atoms with Crippen molar-refractivity contribution >= 4 is 0 Å². The monoisotopic (exact) mass is 230 g/mol. The second-order valence-corrected chi connectivity index (χ2v) is 3.13. The molecule has 0 radical (unpaired) electrons. The predicted molar refractivity (Wildman–Crippen MR) is 53.4 cm³/mol. The third-order valence-corrected chi connectivity index (χ3v) is 2.13. The van der Waals surface area contributed by atoms with E-state index in [4.69, 9.17) is 10.5 Å². The normalized spacial score (nSPS) is 9.65. The summed E-state index contributed by atoms with van der Waals surface area (Å²) in [4.78, 5) is 6.19. The summed E-state index contributed by atoms with van der Waals surface area (Å²) in [7, 11) is 0. The minimum atomic E-state index is -1.07. The quantitative estimate of drug-likeness (QED) is 0.814. The Morgan fingerprint density at radius 3 is 2.53 bits per heavy atom. The average Bonchev–Trinajstić information content (AvgIpc) is 2.75. The molecule has 1 aromatic heterocycles. The summed E-state index contributed by atoms with van der Waals surface area (Å²) in [6, 6.07) is 6.99. The summed E-state index contributed by atoms with van der Waals surface area (Å²) < 4.78 is 26.4. The molecule has 0 fully saturated rings. The van der Waals surface area contributed by atoms with Gasteiger partial charge in [-0.3, -0.25) is 0 Å². The van der Waals surface area contributed by atoms with Crippen molar-refractivity contribution < 1.29 is 8.78 Å². The lowest BCUT2D eigenvalue weighted by Crippen LogP contribution is -1.90. The summed E-state index contributed by atoms with van der Waals surface area (Å²) in [5.41, 5.74) is -0.347. The zero-order valence-corrected chi connectivity index (χ0v) is 8.33. The molecule has 6 heteroatoms. The van der Waals surface area contributed by atoms with Crippen molar-refractivity contribution in [3.05, 3.63) is 41.2 Å². The highest BCUT2D eigenvalue weighted by Crippen LogP contribution is 2.22. The van der Waals surface area contributed by atoms with Crippen LogP contribution >= 0.6 is 0 Å². The van der Waals surface area contributed by atoms with E-state index in [0.717, 1.165) is 6.07 Å². The Morgan fingerprint density at radius 2 is 1.94 bits per heavy atom. The number of imidazole rings is 1. The van der Waals surface area contributed by atoms with Gasteiger partial charge in [-0.15, -0.1) is 0 Å². The van der Waals surface area contributed by atoms with Crippen molar-refractivity contribution in [1.29, 1.82) is 10.5 Å². The van der Waals surface area contributed by atoms with Crippen LogP contribution in [-0.2, 0) is 0 Å². The molecule has 0 atom stereocenters. The van der Waals surface area contributed by atoms with Crippen molar-refractivity contribution in [3.8, 4) is 23.5 Å². The Labute approximate surface area is 94.8 Å². The Morgan fingerprint density at radius 1 is 1.18 bits per heavy atom. The van der Waals surface area contributed by atoms with Gasteiger partial charge in [-0.05, 0) is 12.1 Å². The second kappa shape index (κ2) is 4.03. The molecule has 1 N–H and O–H groups in total. The Hall–Kier alpha value is -2.73. The summed E-state index contributed by atoms with van der Waals surface area (Å²) in [5, 5.41) is 17.4. The van der Waals surface area contributed by atoms with E-state index in [1.165, 1.54) is 12.1 Å². The van der Waals surface area contributed by atoms with E-state index >= 15 is 0 Å². The number of nitriles is 2. The van der Waals surface area contributed by atoms with Crippen LogP contribution in [0.1, 0.15) is 11.4 Å². The fraction of sp³-hybridized carbons (Fsp3) is 0. The number of aromatic nitrogens is 2. The largest absolute Gasteiger partial charge is 0.329 e. The number of aromatic amines is 1. The lowest BCUT2D eigenvalue weighted by molar-refractivity contribution is 0.510. The molecule has 0 unspecified atom stereocenters. The Kier molecular flexibility index (Phi) is 2.55. The maximum atomic E-state index is 13.4. The van der Waals surface area contributed by atoms with E-state index in [2.05, 4.69) is 9.97 Å². The SMILES string of the molecule is N#Cc1nc(-c2cccc(F)c2F)[nH]c1C#N. The molecule has 2 rings (SSSR count). The third-order valence-electron chi connectivity index (χ3n) is 2.13. The fourth-order valence-electron chi connectivity index (χ4n) is 1.35. The third kappa shape index (κ3) is 1.72. The molecule has 0 spiro atoms. The van der Waals surface area contributed by atoms with Crippen LogP contribution < -0.4 is 0 Å². The van der Waals surface area contributed by atoms with Gasteiger partial charge in [0.25, 0.3) is 0 Å². The second-order valence-electron chi connectivity index (χ2n) is 3.13. The van der Waals surface area contributed by atoms with Crippen LogP contribution in [0.5, 0.6) is 0 Å². The fourth-order valence-corrected chi connectivity index (χ4v) is 1.35. The zero-order valence-electron chi connectivity index (χ0n) is 8.33. The summed E-state index contributed by atoms with van der Waals surface area (Å²) in [5.74, 6) is -2.14. The minimum absolute atomic E-state index is 0.0462. The van der Waals surface area contributed by atoms with Gasteiger partial charge in [-0.2, -0.15) is 10.5 Å². The van der Waals surface area contributed by atoms with Crippen molar-refractivity contribution in [3.63, 3.8) is 0 Å². The van der Waals surface area contributed by atoms with Gasteiger partial charge in [0.15, 0.2) is 23.0 Å². The molecule has 0 aliphatic heterocycles. The molecule has 0 aliphatic rings. The van der Waals surface area contributed by atoms with E-state index < -0.39 is 11.6 Å². The van der Waals surface area contributed by atoms with Gasteiger partial charge in [-0.25, -0.2) is 13.8 Å². The molecular formula is C11H4F2N4. The number of nitrogens with one attached hydrogen (secondary N) is 1. The van der Waals surface area contributed by atoms with Crippen molar-refractivity contribution in [2.45, 2.75) is 0 Å². The first-order valence-corrected chi connectivity index (χ1v) is 4.52. The molecule has 1 aromatic carbocycles. The molecule has 0 saturated carbocycles. The van der Waals surface area contributed by atoms with Crippen molar-refractivity contribution in [2.24, 2.45) is 0 Å². The number of hydrogen-bond acceptors (Lipinski definition) is 3. The molecule has 0 aliphatic carbocycles. The van der Waals surface area contributed by atoms with E-state index in [0.29, 0.717) is 0 Å².